The third-order valence-electron chi connectivity index (χ3n) is 3.93. The van der Waals surface area contributed by atoms with Crippen LogP contribution in [0, 0.1) is 6.92 Å². The average Bonchev–Trinajstić information content (AvgIpc) is 2.65. The number of phenols is 1. The van der Waals surface area contributed by atoms with Crippen molar-refractivity contribution >= 4 is 17.7 Å². The fourth-order valence-electron chi connectivity index (χ4n) is 2.50. The van der Waals surface area contributed by atoms with Gasteiger partial charge in [0, 0.05) is 23.5 Å². The number of aliphatic imine (C=N–C) groups is 1. The zero-order chi connectivity index (χ0) is 18.9. The molecule has 2 aromatic rings. The van der Waals surface area contributed by atoms with Gasteiger partial charge in [-0.25, -0.2) is 4.99 Å². The van der Waals surface area contributed by atoms with Crippen molar-refractivity contribution in [2.45, 2.75) is 31.8 Å². The summed E-state index contributed by atoms with van der Waals surface area (Å²) < 4.78 is 5.21. The number of rotatable bonds is 7. The number of guanidine groups is 1. The molecule has 140 valence electrons. The van der Waals surface area contributed by atoms with Gasteiger partial charge >= 0.3 is 0 Å². The molecule has 0 aromatic heterocycles. The Morgan fingerprint density at radius 1 is 1.15 bits per heavy atom. The molecule has 5 nitrogen and oxygen atoms in total. The van der Waals surface area contributed by atoms with Crippen LogP contribution in [0.25, 0.3) is 0 Å². The maximum atomic E-state index is 10.0. The van der Waals surface area contributed by atoms with Gasteiger partial charge in [0.05, 0.1) is 13.7 Å². The normalized spacial score (nSPS) is 11.3. The van der Waals surface area contributed by atoms with Crippen molar-refractivity contribution in [3.63, 3.8) is 0 Å². The standard InChI is InChI=1S/C20H27N3O2S/c1-5-21-20(22-12-15-7-6-14(2)10-19(15)26-4)23-13-16-11-17(25-3)8-9-18(16)24/h6-11,24H,5,12-13H2,1-4H3,(H2,21,22,23). The topological polar surface area (TPSA) is 65.9 Å². The Morgan fingerprint density at radius 3 is 2.65 bits per heavy atom. The molecule has 0 radical (unpaired) electrons. The first-order valence-corrected chi connectivity index (χ1v) is 9.81. The number of aryl methyl sites for hydroxylation is 1. The highest BCUT2D eigenvalue weighted by Gasteiger charge is 2.06. The van der Waals surface area contributed by atoms with Crippen molar-refractivity contribution in [1.29, 1.82) is 0 Å². The predicted octanol–water partition coefficient (Wildman–Crippen LogP) is 3.69. The minimum atomic E-state index is 0.216. The lowest BCUT2D eigenvalue weighted by molar-refractivity contribution is 0.411. The van der Waals surface area contributed by atoms with Gasteiger partial charge < -0.3 is 20.5 Å². The smallest absolute Gasteiger partial charge is 0.191 e. The predicted molar refractivity (Wildman–Crippen MR) is 109 cm³/mol. The fraction of sp³-hybridized carbons (Fsp3) is 0.350. The van der Waals surface area contributed by atoms with Crippen LogP contribution in [0.1, 0.15) is 23.6 Å². The van der Waals surface area contributed by atoms with Crippen LogP contribution in [0.15, 0.2) is 46.3 Å². The largest absolute Gasteiger partial charge is 0.508 e. The van der Waals surface area contributed by atoms with E-state index in [0.717, 1.165) is 12.1 Å². The first-order chi connectivity index (χ1) is 12.6. The molecule has 0 aliphatic carbocycles. The van der Waals surface area contributed by atoms with Gasteiger partial charge in [0.25, 0.3) is 0 Å². The molecule has 0 saturated carbocycles. The van der Waals surface area contributed by atoms with E-state index in [-0.39, 0.29) is 5.75 Å². The third-order valence-corrected chi connectivity index (χ3v) is 4.75. The zero-order valence-electron chi connectivity index (χ0n) is 15.8. The average molecular weight is 374 g/mol. The van der Waals surface area contributed by atoms with Crippen molar-refractivity contribution in [3.8, 4) is 11.5 Å². The molecule has 0 spiro atoms. The van der Waals surface area contributed by atoms with Crippen LogP contribution in [0.5, 0.6) is 11.5 Å². The number of methoxy groups -OCH3 is 1. The number of phenolic OH excluding ortho intramolecular Hbond substituents is 1. The molecule has 0 aliphatic rings. The minimum absolute atomic E-state index is 0.216. The second kappa shape index (κ2) is 9.97. The van der Waals surface area contributed by atoms with E-state index in [0.29, 0.717) is 24.8 Å². The summed E-state index contributed by atoms with van der Waals surface area (Å²) >= 11 is 1.74. The van der Waals surface area contributed by atoms with Crippen molar-refractivity contribution in [2.75, 3.05) is 19.9 Å². The molecule has 2 rings (SSSR count). The minimum Gasteiger partial charge on any atom is -0.508 e. The third kappa shape index (κ3) is 5.59. The summed E-state index contributed by atoms with van der Waals surface area (Å²) in [6, 6.07) is 11.6. The Kier molecular flexibility index (Phi) is 7.66. The van der Waals surface area contributed by atoms with E-state index in [1.807, 2.05) is 6.92 Å². The molecule has 3 N–H and O–H groups in total. The Bertz CT molecular complexity index is 763. The van der Waals surface area contributed by atoms with Gasteiger partial charge in [0.1, 0.15) is 11.5 Å². The molecule has 0 saturated heterocycles. The second-order valence-electron chi connectivity index (χ2n) is 5.86. The molecule has 6 heteroatoms. The van der Waals surface area contributed by atoms with E-state index in [9.17, 15) is 5.11 Å². The number of hydrogen-bond donors (Lipinski definition) is 3. The molecule has 26 heavy (non-hydrogen) atoms. The monoisotopic (exact) mass is 373 g/mol. The summed E-state index contributed by atoms with van der Waals surface area (Å²) in [6.45, 7) is 5.94. The Hall–Kier alpha value is -2.34. The zero-order valence-corrected chi connectivity index (χ0v) is 16.6. The van der Waals surface area contributed by atoms with Crippen LogP contribution in [0.3, 0.4) is 0 Å². The Morgan fingerprint density at radius 2 is 1.96 bits per heavy atom. The van der Waals surface area contributed by atoms with Crippen LogP contribution < -0.4 is 15.4 Å². The van der Waals surface area contributed by atoms with E-state index in [4.69, 9.17) is 4.74 Å². The summed E-state index contributed by atoms with van der Waals surface area (Å²) in [5.41, 5.74) is 3.21. The van der Waals surface area contributed by atoms with E-state index in [1.54, 1.807) is 37.1 Å². The molecule has 0 unspecified atom stereocenters. The first kappa shape index (κ1) is 20.0. The number of aromatic hydroxyl groups is 1. The van der Waals surface area contributed by atoms with E-state index < -0.39 is 0 Å². The van der Waals surface area contributed by atoms with Crippen LogP contribution >= 0.6 is 11.8 Å². The van der Waals surface area contributed by atoms with Gasteiger partial charge in [-0.15, -0.1) is 11.8 Å². The molecule has 0 amide bonds. The molecule has 0 fully saturated rings. The van der Waals surface area contributed by atoms with Crippen LogP contribution in [-0.2, 0) is 13.1 Å². The molecular formula is C20H27N3O2S. The summed E-state index contributed by atoms with van der Waals surface area (Å²) in [5.74, 6) is 1.63. The van der Waals surface area contributed by atoms with Gasteiger partial charge in [-0.3, -0.25) is 0 Å². The molecule has 0 aliphatic heterocycles. The Labute approximate surface area is 159 Å². The van der Waals surface area contributed by atoms with Crippen LogP contribution in [-0.4, -0.2) is 31.0 Å². The quantitative estimate of drug-likeness (QED) is 0.392. The van der Waals surface area contributed by atoms with Crippen molar-refractivity contribution in [2.24, 2.45) is 4.99 Å². The molecule has 2 aromatic carbocycles. The van der Waals surface area contributed by atoms with E-state index in [2.05, 4.69) is 47.0 Å². The van der Waals surface area contributed by atoms with E-state index in [1.165, 1.54) is 16.0 Å². The fourth-order valence-corrected chi connectivity index (χ4v) is 3.20. The first-order valence-electron chi connectivity index (χ1n) is 8.59. The van der Waals surface area contributed by atoms with E-state index >= 15 is 0 Å². The number of ether oxygens (including phenoxy) is 1. The van der Waals surface area contributed by atoms with Crippen molar-refractivity contribution in [1.82, 2.24) is 10.6 Å². The Balaban J connectivity index is 2.10. The number of hydrogen-bond acceptors (Lipinski definition) is 4. The number of benzene rings is 2. The summed E-state index contributed by atoms with van der Waals surface area (Å²) in [6.07, 6.45) is 2.09. The maximum absolute atomic E-state index is 10.0. The highest BCUT2D eigenvalue weighted by Crippen LogP contribution is 2.24. The second-order valence-corrected chi connectivity index (χ2v) is 6.71. The number of nitrogens with zero attached hydrogens (tertiary/aromatic N) is 1. The molecule has 0 bridgehead atoms. The van der Waals surface area contributed by atoms with Crippen molar-refractivity contribution < 1.29 is 9.84 Å². The van der Waals surface area contributed by atoms with Crippen LogP contribution in [0.2, 0.25) is 0 Å². The number of thioether (sulfide) groups is 1. The molecular weight excluding hydrogens is 346 g/mol. The van der Waals surface area contributed by atoms with Gasteiger partial charge in [-0.2, -0.15) is 0 Å². The van der Waals surface area contributed by atoms with Crippen molar-refractivity contribution in [3.05, 3.63) is 53.1 Å². The lowest BCUT2D eigenvalue weighted by Gasteiger charge is -2.14. The summed E-state index contributed by atoms with van der Waals surface area (Å²) in [7, 11) is 1.61. The van der Waals surface area contributed by atoms with Gasteiger partial charge in [0.15, 0.2) is 5.96 Å². The van der Waals surface area contributed by atoms with Gasteiger partial charge in [-0.1, -0.05) is 12.1 Å². The lowest BCUT2D eigenvalue weighted by atomic mass is 10.1. The lowest BCUT2D eigenvalue weighted by Crippen LogP contribution is -2.36. The SMILES string of the molecule is CCNC(=NCc1cc(OC)ccc1O)NCc1ccc(C)cc1SC. The van der Waals surface area contributed by atoms with Crippen LogP contribution in [0.4, 0.5) is 0 Å². The van der Waals surface area contributed by atoms with Gasteiger partial charge in [-0.05, 0) is 55.5 Å². The highest BCUT2D eigenvalue weighted by atomic mass is 32.2. The summed E-state index contributed by atoms with van der Waals surface area (Å²) in [4.78, 5) is 5.84. The highest BCUT2D eigenvalue weighted by molar-refractivity contribution is 7.98. The number of nitrogens with one attached hydrogen (secondary N) is 2. The van der Waals surface area contributed by atoms with Gasteiger partial charge in [0.2, 0.25) is 0 Å². The molecule has 0 atom stereocenters. The summed E-state index contributed by atoms with van der Waals surface area (Å²) in [5, 5.41) is 16.6. The molecule has 0 heterocycles. The maximum Gasteiger partial charge on any atom is 0.191 e.